The third kappa shape index (κ3) is 5.34. The lowest BCUT2D eigenvalue weighted by atomic mass is 9.66. The molecule has 12 rings (SSSR count). The van der Waals surface area contributed by atoms with Crippen LogP contribution in [0.15, 0.2) is 87.3 Å². The molecule has 16 heteroatoms. The van der Waals surface area contributed by atoms with Gasteiger partial charge in [0.25, 0.3) is 5.88 Å². The molecule has 2 aliphatic carbocycles. The van der Waals surface area contributed by atoms with Gasteiger partial charge in [-0.15, -0.1) is 0 Å². The van der Waals surface area contributed by atoms with Crippen LogP contribution >= 0.6 is 0 Å². The summed E-state index contributed by atoms with van der Waals surface area (Å²) >= 11 is 0. The summed E-state index contributed by atoms with van der Waals surface area (Å²) in [6.45, 7) is 4.87. The molecule has 8 heterocycles. The van der Waals surface area contributed by atoms with E-state index < -0.39 is 35.3 Å². The van der Waals surface area contributed by atoms with Crippen molar-refractivity contribution in [2.24, 2.45) is 11.8 Å². The van der Waals surface area contributed by atoms with Crippen LogP contribution in [-0.4, -0.2) is 117 Å². The van der Waals surface area contributed by atoms with Gasteiger partial charge in [0.15, 0.2) is 23.0 Å². The Morgan fingerprint density at radius 3 is 1.98 bits per heavy atom. The fraction of sp³-hybridized carbons (Fsp3) is 0.478. The van der Waals surface area contributed by atoms with Crippen molar-refractivity contribution in [2.45, 2.75) is 61.5 Å². The number of hydrogen-bond acceptors (Lipinski definition) is 15. The molecule has 8 atom stereocenters. The van der Waals surface area contributed by atoms with Crippen LogP contribution in [0, 0.1) is 11.8 Å². The second kappa shape index (κ2) is 14.6. The van der Waals surface area contributed by atoms with Crippen LogP contribution in [0.4, 0.5) is 0 Å². The van der Waals surface area contributed by atoms with Crippen molar-refractivity contribution in [1.82, 2.24) is 15.0 Å². The molecule has 0 amide bonds. The molecule has 16 nitrogen and oxygen atoms in total. The number of benzene rings is 2. The SMILES string of the molecule is COC1=CC2CC3C(N4CCOCC4)c4o[n+](C5=C(OC)C67OC5CC6C(N5CCOCC5)c5onc(OCc6ccccc6)c5C7=O)c(OCc5ccccc5)c4C(=O)C13O2. The van der Waals surface area contributed by atoms with Gasteiger partial charge in [0.2, 0.25) is 28.7 Å². The number of aromatic nitrogens is 2. The van der Waals surface area contributed by atoms with Crippen LogP contribution in [0.25, 0.3) is 5.70 Å². The summed E-state index contributed by atoms with van der Waals surface area (Å²) in [5.74, 6) is 0.518. The number of rotatable bonds is 11. The molecule has 2 aromatic carbocycles. The highest BCUT2D eigenvalue weighted by Crippen LogP contribution is 2.64. The van der Waals surface area contributed by atoms with E-state index in [4.69, 9.17) is 46.9 Å². The largest absolute Gasteiger partial charge is 0.498 e. The van der Waals surface area contributed by atoms with Gasteiger partial charge in [-0.05, 0) is 35.2 Å². The van der Waals surface area contributed by atoms with Crippen molar-refractivity contribution in [2.75, 3.05) is 66.8 Å². The predicted molar refractivity (Wildman–Crippen MR) is 213 cm³/mol. The Morgan fingerprint density at radius 1 is 0.726 bits per heavy atom. The zero-order chi connectivity index (χ0) is 41.7. The van der Waals surface area contributed by atoms with E-state index in [0.29, 0.717) is 88.4 Å². The molecule has 322 valence electrons. The molecule has 2 spiro atoms. The Labute approximate surface area is 356 Å². The average Bonchev–Trinajstić information content (AvgIpc) is 4.18. The summed E-state index contributed by atoms with van der Waals surface area (Å²) in [5.41, 5.74) is -0.265. The fourth-order valence-corrected chi connectivity index (χ4v) is 11.6. The number of Topliss-reactive ketones (excluding diaryl/α,β-unsaturated/α-hetero) is 2. The quantitative estimate of drug-likeness (QED) is 0.198. The number of carbonyl (C=O) groups is 2. The first-order chi connectivity index (χ1) is 30.5. The topological polar surface area (TPSA) is 158 Å². The zero-order valence-electron chi connectivity index (χ0n) is 34.5. The molecule has 4 saturated heterocycles. The first-order valence-corrected chi connectivity index (χ1v) is 21.5. The highest BCUT2D eigenvalue weighted by Gasteiger charge is 2.76. The van der Waals surface area contributed by atoms with Gasteiger partial charge in [0, 0.05) is 38.0 Å². The summed E-state index contributed by atoms with van der Waals surface area (Å²) in [5, 5.41) is 4.36. The van der Waals surface area contributed by atoms with Gasteiger partial charge < -0.3 is 42.4 Å². The van der Waals surface area contributed by atoms with Crippen molar-refractivity contribution in [3.63, 3.8) is 0 Å². The normalized spacial score (nSPS) is 32.3. The second-order valence-corrected chi connectivity index (χ2v) is 17.1. The zero-order valence-corrected chi connectivity index (χ0v) is 34.5. The van der Waals surface area contributed by atoms with Gasteiger partial charge in [-0.25, -0.2) is 4.52 Å². The molecule has 8 unspecified atom stereocenters. The maximum Gasteiger partial charge on any atom is 0.433 e. The Balaban J connectivity index is 1.03. The van der Waals surface area contributed by atoms with Crippen molar-refractivity contribution in [3.8, 4) is 11.8 Å². The minimum absolute atomic E-state index is 0.0884. The van der Waals surface area contributed by atoms with Gasteiger partial charge in [0.1, 0.15) is 24.5 Å². The van der Waals surface area contributed by atoms with Gasteiger partial charge in [0.05, 0.1) is 63.6 Å². The molecule has 4 aromatic rings. The van der Waals surface area contributed by atoms with E-state index >= 15 is 9.59 Å². The molecule has 4 bridgehead atoms. The smallest absolute Gasteiger partial charge is 0.433 e. The van der Waals surface area contributed by atoms with Crippen LogP contribution in [0.3, 0.4) is 0 Å². The third-order valence-corrected chi connectivity index (χ3v) is 14.1. The first-order valence-electron chi connectivity index (χ1n) is 21.5. The van der Waals surface area contributed by atoms with E-state index in [1.807, 2.05) is 66.7 Å². The van der Waals surface area contributed by atoms with E-state index in [9.17, 15) is 0 Å². The molecule has 4 fully saturated rings. The monoisotopic (exact) mass is 847 g/mol. The first kappa shape index (κ1) is 38.3. The highest BCUT2D eigenvalue weighted by atomic mass is 16.6. The summed E-state index contributed by atoms with van der Waals surface area (Å²) < 4.78 is 65.5. The molecular formula is C46H47N4O12+. The number of nitrogens with zero attached hydrogens (tertiary/aromatic N) is 4. The number of fused-ring (bicyclic) bond motifs is 4. The standard InChI is InChI=1S/C46H47N4O12/c1-53-32-22-28-21-29-36(49-15-19-56-20-16-49)39-34(41(52)45(29,32)59-28)44(58-25-27-11-7-4-8-12-27)50(62-39)37-31-23-30-35(48-13-17-55-18-14-48)38-33(40(51)46(30,60-31)42(37)54-2)43(47-61-38)57-24-26-9-5-3-6-10-26/h3-12,22,28-31,35-36H,13-21,23-25H2,1-2H3/q+1. The van der Waals surface area contributed by atoms with Crippen molar-refractivity contribution >= 4 is 17.3 Å². The lowest BCUT2D eigenvalue weighted by Gasteiger charge is -2.44. The van der Waals surface area contributed by atoms with E-state index in [-0.39, 0.29) is 65.4 Å². The summed E-state index contributed by atoms with van der Waals surface area (Å²) in [7, 11) is 3.12. The summed E-state index contributed by atoms with van der Waals surface area (Å²) in [4.78, 5) is 35.5. The van der Waals surface area contributed by atoms with Gasteiger partial charge >= 0.3 is 11.6 Å². The molecule has 2 aromatic heterocycles. The minimum Gasteiger partial charge on any atom is -0.498 e. The van der Waals surface area contributed by atoms with Crippen LogP contribution < -0.4 is 14.2 Å². The van der Waals surface area contributed by atoms with Gasteiger partial charge in [-0.3, -0.25) is 19.4 Å². The maximum atomic E-state index is 15.5. The van der Waals surface area contributed by atoms with Crippen LogP contribution in [0.5, 0.6) is 11.8 Å². The Morgan fingerprint density at radius 2 is 1.34 bits per heavy atom. The molecule has 8 aliphatic rings. The van der Waals surface area contributed by atoms with E-state index in [0.717, 1.165) is 11.1 Å². The molecule has 0 saturated carbocycles. The fourth-order valence-electron chi connectivity index (χ4n) is 11.6. The van der Waals surface area contributed by atoms with E-state index in [1.54, 1.807) is 19.0 Å². The number of ether oxygens (including phenoxy) is 8. The molecular weight excluding hydrogens is 801 g/mol. The average molecular weight is 848 g/mol. The van der Waals surface area contributed by atoms with E-state index in [1.165, 1.54) is 0 Å². The summed E-state index contributed by atoms with van der Waals surface area (Å²) in [6.07, 6.45) is 1.93. The Bertz CT molecular complexity index is 2490. The lowest BCUT2D eigenvalue weighted by Crippen LogP contribution is -2.56. The van der Waals surface area contributed by atoms with Crippen molar-refractivity contribution < 1.29 is 61.3 Å². The Kier molecular flexibility index (Phi) is 9.03. The lowest BCUT2D eigenvalue weighted by molar-refractivity contribution is -0.780. The van der Waals surface area contributed by atoms with Crippen LogP contribution in [0.1, 0.15) is 68.3 Å². The number of ketones is 2. The molecule has 0 N–H and O–H groups in total. The molecule has 6 aliphatic heterocycles. The predicted octanol–water partition coefficient (Wildman–Crippen LogP) is 4.21. The van der Waals surface area contributed by atoms with E-state index in [2.05, 4.69) is 15.0 Å². The minimum atomic E-state index is -1.62. The van der Waals surface area contributed by atoms with Crippen LogP contribution in [-0.2, 0) is 41.6 Å². The van der Waals surface area contributed by atoms with Crippen LogP contribution in [0.2, 0.25) is 0 Å². The molecule has 0 radical (unpaired) electrons. The number of hydrogen-bond donors (Lipinski definition) is 0. The van der Waals surface area contributed by atoms with Gasteiger partial charge in [-0.1, -0.05) is 60.7 Å². The maximum absolute atomic E-state index is 15.5. The van der Waals surface area contributed by atoms with Crippen molar-refractivity contribution in [3.05, 3.63) is 112 Å². The summed E-state index contributed by atoms with van der Waals surface area (Å²) in [6, 6.07) is 18.6. The number of methoxy groups -OCH3 is 2. The van der Waals surface area contributed by atoms with Crippen molar-refractivity contribution in [1.29, 1.82) is 0 Å². The highest BCUT2D eigenvalue weighted by molar-refractivity contribution is 6.11. The second-order valence-electron chi connectivity index (χ2n) is 17.1. The Hall–Kier alpha value is -5.36. The third-order valence-electron chi connectivity index (χ3n) is 14.1. The number of morpholine rings is 2. The molecule has 62 heavy (non-hydrogen) atoms. The number of carbonyl (C=O) groups excluding carboxylic acids is 2. The van der Waals surface area contributed by atoms with Gasteiger partial charge in [-0.2, -0.15) is 0 Å².